The maximum atomic E-state index is 12.7. The number of nitrogens with one attached hydrogen (secondary N) is 1. The summed E-state index contributed by atoms with van der Waals surface area (Å²) in [6, 6.07) is 17.3. The number of carbonyl (C=O) groups is 2. The van der Waals surface area contributed by atoms with E-state index in [9.17, 15) is 9.59 Å². The Hall–Kier alpha value is -1.86. The van der Waals surface area contributed by atoms with Gasteiger partial charge in [0.25, 0.3) is 0 Å². The van der Waals surface area contributed by atoms with Crippen molar-refractivity contribution in [2.45, 2.75) is 62.6 Å². The summed E-state index contributed by atoms with van der Waals surface area (Å²) in [6.45, 7) is 7.22. The van der Waals surface area contributed by atoms with Crippen LogP contribution in [-0.2, 0) is 21.7 Å². The highest BCUT2D eigenvalue weighted by atomic mass is 35.5. The third kappa shape index (κ3) is 6.81. The number of thioether (sulfide) groups is 1. The SMILES string of the molecule is CC(C)(C)c1ccc(SC(=O)[C@@H]2CC[C@@H](N(OCc3ccccc3)C(=O)Cl)CN2)cc1. The van der Waals surface area contributed by atoms with Crippen molar-refractivity contribution in [2.75, 3.05) is 6.54 Å². The molecule has 1 aliphatic rings. The second-order valence-corrected chi connectivity index (χ2v) is 10.1. The summed E-state index contributed by atoms with van der Waals surface area (Å²) in [7, 11) is 0. The van der Waals surface area contributed by atoms with E-state index in [1.54, 1.807) is 0 Å². The zero-order valence-corrected chi connectivity index (χ0v) is 19.7. The third-order valence-electron chi connectivity index (χ3n) is 5.33. The van der Waals surface area contributed by atoms with Crippen LogP contribution in [0.15, 0.2) is 59.5 Å². The molecule has 0 bridgehead atoms. The molecule has 0 radical (unpaired) electrons. The van der Waals surface area contributed by atoms with Crippen LogP contribution >= 0.6 is 23.4 Å². The summed E-state index contributed by atoms with van der Waals surface area (Å²) >= 11 is 7.01. The molecule has 5 nitrogen and oxygen atoms in total. The molecular formula is C24H29ClN2O3S. The van der Waals surface area contributed by atoms with E-state index < -0.39 is 5.37 Å². The first-order chi connectivity index (χ1) is 14.7. The van der Waals surface area contributed by atoms with E-state index >= 15 is 0 Å². The van der Waals surface area contributed by atoms with E-state index in [2.05, 4.69) is 38.2 Å². The van der Waals surface area contributed by atoms with Crippen LogP contribution in [0.25, 0.3) is 0 Å². The molecule has 1 saturated heterocycles. The number of piperidine rings is 1. The molecule has 0 spiro atoms. The highest BCUT2D eigenvalue weighted by Crippen LogP contribution is 2.28. The number of hydroxylamine groups is 2. The van der Waals surface area contributed by atoms with E-state index in [1.807, 2.05) is 42.5 Å². The van der Waals surface area contributed by atoms with Gasteiger partial charge in [0.15, 0.2) is 0 Å². The second-order valence-electron chi connectivity index (χ2n) is 8.73. The van der Waals surface area contributed by atoms with Gasteiger partial charge in [-0.05, 0) is 53.1 Å². The molecule has 1 amide bonds. The van der Waals surface area contributed by atoms with Crippen LogP contribution in [0.1, 0.15) is 44.7 Å². The molecule has 2 aromatic carbocycles. The molecule has 2 atom stereocenters. The van der Waals surface area contributed by atoms with Gasteiger partial charge in [-0.3, -0.25) is 14.4 Å². The Balaban J connectivity index is 1.51. The number of halogens is 1. The van der Waals surface area contributed by atoms with Crippen LogP contribution in [0.5, 0.6) is 0 Å². The Morgan fingerprint density at radius 2 is 1.77 bits per heavy atom. The molecule has 0 aliphatic carbocycles. The zero-order valence-electron chi connectivity index (χ0n) is 18.1. The van der Waals surface area contributed by atoms with Crippen molar-refractivity contribution in [3.63, 3.8) is 0 Å². The smallest absolute Gasteiger partial charge is 0.305 e. The molecule has 0 aromatic heterocycles. The fourth-order valence-electron chi connectivity index (χ4n) is 3.47. The minimum absolute atomic E-state index is 0.0795. The van der Waals surface area contributed by atoms with Gasteiger partial charge in [0, 0.05) is 11.4 Å². The van der Waals surface area contributed by atoms with Gasteiger partial charge in [-0.15, -0.1) is 0 Å². The summed E-state index contributed by atoms with van der Waals surface area (Å²) in [5.41, 5.74) is 2.28. The van der Waals surface area contributed by atoms with E-state index in [4.69, 9.17) is 16.4 Å². The maximum absolute atomic E-state index is 12.7. The lowest BCUT2D eigenvalue weighted by molar-refractivity contribution is -0.152. The number of rotatable bonds is 6. The van der Waals surface area contributed by atoms with Gasteiger partial charge in [-0.1, -0.05) is 75.0 Å². The van der Waals surface area contributed by atoms with Crippen molar-refractivity contribution < 1.29 is 14.4 Å². The summed E-state index contributed by atoms with van der Waals surface area (Å²) in [5.74, 6) is 0. The van der Waals surface area contributed by atoms with Crippen molar-refractivity contribution in [1.29, 1.82) is 0 Å². The molecule has 1 aliphatic heterocycles. The second kappa shape index (κ2) is 10.6. The summed E-state index contributed by atoms with van der Waals surface area (Å²) in [6.07, 6.45) is 1.26. The molecular weight excluding hydrogens is 432 g/mol. The number of benzene rings is 2. The molecule has 3 rings (SSSR count). The third-order valence-corrected chi connectivity index (χ3v) is 6.49. The molecule has 31 heavy (non-hydrogen) atoms. The van der Waals surface area contributed by atoms with Crippen LogP contribution in [0.4, 0.5) is 4.79 Å². The first kappa shape index (κ1) is 23.8. The fraction of sp³-hybridized carbons (Fsp3) is 0.417. The molecule has 166 valence electrons. The Bertz CT molecular complexity index is 876. The zero-order chi connectivity index (χ0) is 22.4. The van der Waals surface area contributed by atoms with Gasteiger partial charge in [0.05, 0.1) is 12.1 Å². The largest absolute Gasteiger partial charge is 0.340 e. The van der Waals surface area contributed by atoms with Crippen LogP contribution in [-0.4, -0.2) is 34.2 Å². The van der Waals surface area contributed by atoms with Gasteiger partial charge in [-0.25, -0.2) is 5.06 Å². The molecule has 1 N–H and O–H groups in total. The van der Waals surface area contributed by atoms with Crippen molar-refractivity contribution >= 4 is 33.8 Å². The minimum Gasteiger partial charge on any atom is -0.305 e. The molecule has 7 heteroatoms. The highest BCUT2D eigenvalue weighted by Gasteiger charge is 2.32. The summed E-state index contributed by atoms with van der Waals surface area (Å²) in [5, 5.41) is 3.91. The van der Waals surface area contributed by atoms with E-state index in [-0.39, 0.29) is 29.2 Å². The van der Waals surface area contributed by atoms with Gasteiger partial charge in [0.2, 0.25) is 5.12 Å². The summed E-state index contributed by atoms with van der Waals surface area (Å²) < 4.78 is 0. The van der Waals surface area contributed by atoms with Crippen LogP contribution in [0, 0.1) is 0 Å². The predicted molar refractivity (Wildman–Crippen MR) is 125 cm³/mol. The Labute approximate surface area is 193 Å². The Morgan fingerprint density at radius 1 is 1.10 bits per heavy atom. The number of nitrogens with zero attached hydrogens (tertiary/aromatic N) is 1. The van der Waals surface area contributed by atoms with Crippen molar-refractivity contribution in [1.82, 2.24) is 10.4 Å². The van der Waals surface area contributed by atoms with Crippen molar-refractivity contribution in [3.05, 3.63) is 65.7 Å². The number of hydrogen-bond donors (Lipinski definition) is 1. The van der Waals surface area contributed by atoms with Gasteiger partial charge < -0.3 is 5.32 Å². The lowest BCUT2D eigenvalue weighted by Crippen LogP contribution is -2.52. The van der Waals surface area contributed by atoms with E-state index in [0.717, 1.165) is 10.5 Å². The molecule has 0 saturated carbocycles. The maximum Gasteiger partial charge on any atom is 0.340 e. The van der Waals surface area contributed by atoms with Crippen LogP contribution in [0.2, 0.25) is 0 Å². The molecule has 2 aromatic rings. The standard InChI is InChI=1S/C24H29ClN2O3S/c1-24(2,3)18-9-12-20(13-10-18)31-22(28)21-14-11-19(15-26-21)27(23(25)29)30-16-17-7-5-4-6-8-17/h4-10,12-13,19,21,26H,11,14-16H2,1-3H3/t19-,21+/m1/s1. The average Bonchev–Trinajstić information content (AvgIpc) is 2.74. The number of carbonyl (C=O) groups excluding carboxylic acids is 2. The number of amides is 1. The summed E-state index contributed by atoms with van der Waals surface area (Å²) in [4.78, 5) is 31.2. The van der Waals surface area contributed by atoms with Crippen LogP contribution < -0.4 is 5.32 Å². The highest BCUT2D eigenvalue weighted by molar-refractivity contribution is 8.13. The molecule has 0 unspecified atom stereocenters. The predicted octanol–water partition coefficient (Wildman–Crippen LogP) is 5.52. The van der Waals surface area contributed by atoms with Gasteiger partial charge in [0.1, 0.15) is 6.61 Å². The first-order valence-electron chi connectivity index (χ1n) is 10.4. The van der Waals surface area contributed by atoms with E-state index in [1.165, 1.54) is 22.4 Å². The quantitative estimate of drug-likeness (QED) is 0.266. The Kier molecular flexibility index (Phi) is 8.17. The fourth-order valence-corrected chi connectivity index (χ4v) is 4.51. The van der Waals surface area contributed by atoms with Gasteiger partial charge >= 0.3 is 5.37 Å². The topological polar surface area (TPSA) is 58.6 Å². The lowest BCUT2D eigenvalue weighted by atomic mass is 9.87. The Morgan fingerprint density at radius 3 is 2.32 bits per heavy atom. The van der Waals surface area contributed by atoms with Crippen molar-refractivity contribution in [3.8, 4) is 0 Å². The lowest BCUT2D eigenvalue weighted by Gasteiger charge is -2.34. The monoisotopic (exact) mass is 460 g/mol. The normalized spacial score (nSPS) is 19.1. The minimum atomic E-state index is -0.652. The average molecular weight is 461 g/mol. The van der Waals surface area contributed by atoms with Crippen molar-refractivity contribution in [2.24, 2.45) is 0 Å². The van der Waals surface area contributed by atoms with Crippen LogP contribution in [0.3, 0.4) is 0 Å². The molecule has 1 heterocycles. The first-order valence-corrected chi connectivity index (χ1v) is 11.6. The van der Waals surface area contributed by atoms with Gasteiger partial charge in [-0.2, -0.15) is 0 Å². The van der Waals surface area contributed by atoms with E-state index in [0.29, 0.717) is 19.4 Å². The number of hydrogen-bond acceptors (Lipinski definition) is 5. The molecule has 1 fully saturated rings.